The van der Waals surface area contributed by atoms with Crippen molar-refractivity contribution in [3.63, 3.8) is 0 Å². The minimum absolute atomic E-state index is 0.138. The topological polar surface area (TPSA) is 41.3 Å². The van der Waals surface area contributed by atoms with Gasteiger partial charge in [-0.15, -0.1) is 0 Å². The number of hydrogen-bond acceptors (Lipinski definition) is 3. The molecule has 1 aromatic rings. The lowest BCUT2D eigenvalue weighted by Gasteiger charge is -2.17. The second kappa shape index (κ2) is 4.33. The Kier molecular flexibility index (Phi) is 3.07. The van der Waals surface area contributed by atoms with Crippen LogP contribution in [0.3, 0.4) is 0 Å². The van der Waals surface area contributed by atoms with E-state index in [0.29, 0.717) is 6.04 Å². The molecule has 0 unspecified atom stereocenters. The van der Waals surface area contributed by atoms with Crippen LogP contribution in [0.4, 0.5) is 0 Å². The maximum atomic E-state index is 9.44. The molecule has 1 aliphatic heterocycles. The van der Waals surface area contributed by atoms with E-state index in [2.05, 4.69) is 28.3 Å². The summed E-state index contributed by atoms with van der Waals surface area (Å²) < 4.78 is 2.19. The molecule has 1 fully saturated rings. The van der Waals surface area contributed by atoms with Gasteiger partial charge in [-0.1, -0.05) is 0 Å². The summed E-state index contributed by atoms with van der Waals surface area (Å²) in [5.74, 6) is 0. The molecule has 0 amide bonds. The van der Waals surface area contributed by atoms with Gasteiger partial charge >= 0.3 is 0 Å². The zero-order valence-corrected chi connectivity index (χ0v) is 9.43. The van der Waals surface area contributed by atoms with Crippen LogP contribution in [-0.4, -0.2) is 38.8 Å². The van der Waals surface area contributed by atoms with Crippen molar-refractivity contribution in [2.75, 3.05) is 13.1 Å². The Morgan fingerprint density at radius 2 is 2.40 bits per heavy atom. The molecule has 15 heavy (non-hydrogen) atoms. The fourth-order valence-corrected chi connectivity index (χ4v) is 2.10. The van der Waals surface area contributed by atoms with Crippen molar-refractivity contribution in [3.8, 4) is 0 Å². The summed E-state index contributed by atoms with van der Waals surface area (Å²) in [4.78, 5) is 6.46. The molecule has 1 N–H and O–H groups in total. The van der Waals surface area contributed by atoms with E-state index in [1.54, 1.807) is 0 Å². The molecular weight excluding hydrogens is 190 g/mol. The lowest BCUT2D eigenvalue weighted by molar-refractivity contribution is 0.174. The molecule has 2 heterocycles. The van der Waals surface area contributed by atoms with Gasteiger partial charge in [-0.05, 0) is 20.3 Å². The Hall–Kier alpha value is -0.870. The van der Waals surface area contributed by atoms with Crippen molar-refractivity contribution in [1.29, 1.82) is 0 Å². The summed E-state index contributed by atoms with van der Waals surface area (Å²) in [5, 5.41) is 9.44. The average molecular weight is 209 g/mol. The number of likely N-dealkylation sites (tertiary alicyclic amines) is 1. The van der Waals surface area contributed by atoms with Crippen LogP contribution in [0.25, 0.3) is 0 Å². The lowest BCUT2D eigenvalue weighted by Crippen LogP contribution is -2.23. The Bertz CT molecular complexity index is 321. The van der Waals surface area contributed by atoms with Crippen molar-refractivity contribution in [2.45, 2.75) is 39.0 Å². The lowest BCUT2D eigenvalue weighted by atomic mass is 10.3. The fourth-order valence-electron chi connectivity index (χ4n) is 2.10. The number of aliphatic hydroxyl groups is 1. The van der Waals surface area contributed by atoms with E-state index in [-0.39, 0.29) is 6.10 Å². The summed E-state index contributed by atoms with van der Waals surface area (Å²) in [7, 11) is 0. The summed E-state index contributed by atoms with van der Waals surface area (Å²) >= 11 is 0. The first kappa shape index (κ1) is 10.6. The van der Waals surface area contributed by atoms with E-state index in [1.807, 2.05) is 12.5 Å². The number of rotatable bonds is 3. The van der Waals surface area contributed by atoms with Gasteiger partial charge in [0.1, 0.15) is 0 Å². The first-order valence-corrected chi connectivity index (χ1v) is 5.58. The molecule has 0 bridgehead atoms. The van der Waals surface area contributed by atoms with Gasteiger partial charge in [0, 0.05) is 31.9 Å². The largest absolute Gasteiger partial charge is 0.392 e. The SMILES string of the molecule is CC(C)n1cncc1CN1CC[C@@H](O)C1. The first-order chi connectivity index (χ1) is 7.16. The quantitative estimate of drug-likeness (QED) is 0.808. The predicted molar refractivity (Wildman–Crippen MR) is 58.5 cm³/mol. The minimum atomic E-state index is -0.138. The third-order valence-electron chi connectivity index (χ3n) is 2.94. The fraction of sp³-hybridized carbons (Fsp3) is 0.727. The van der Waals surface area contributed by atoms with E-state index in [0.717, 1.165) is 26.1 Å². The van der Waals surface area contributed by atoms with Crippen molar-refractivity contribution in [3.05, 3.63) is 18.2 Å². The molecule has 2 rings (SSSR count). The molecule has 0 aliphatic carbocycles. The van der Waals surface area contributed by atoms with Crippen LogP contribution in [-0.2, 0) is 6.54 Å². The third kappa shape index (κ3) is 2.38. The summed E-state index contributed by atoms with van der Waals surface area (Å²) in [6.45, 7) is 7.00. The molecule has 1 aromatic heterocycles. The number of hydrogen-bond donors (Lipinski definition) is 1. The van der Waals surface area contributed by atoms with Crippen LogP contribution < -0.4 is 0 Å². The summed E-state index contributed by atoms with van der Waals surface area (Å²) in [6.07, 6.45) is 4.56. The maximum Gasteiger partial charge on any atom is 0.0951 e. The highest BCUT2D eigenvalue weighted by atomic mass is 16.3. The third-order valence-corrected chi connectivity index (χ3v) is 2.94. The van der Waals surface area contributed by atoms with Gasteiger partial charge in [-0.3, -0.25) is 4.90 Å². The zero-order valence-electron chi connectivity index (χ0n) is 9.43. The van der Waals surface area contributed by atoms with Crippen molar-refractivity contribution in [2.24, 2.45) is 0 Å². The van der Waals surface area contributed by atoms with Gasteiger partial charge in [-0.2, -0.15) is 0 Å². The van der Waals surface area contributed by atoms with E-state index in [4.69, 9.17) is 0 Å². The predicted octanol–water partition coefficient (Wildman–Crippen LogP) is 1.03. The standard InChI is InChI=1S/C11H19N3O/c1-9(2)14-8-12-5-10(14)6-13-4-3-11(15)7-13/h5,8-9,11,15H,3-4,6-7H2,1-2H3/t11-/m1/s1. The van der Waals surface area contributed by atoms with Gasteiger partial charge < -0.3 is 9.67 Å². The molecule has 4 nitrogen and oxygen atoms in total. The van der Waals surface area contributed by atoms with Gasteiger partial charge in [0.2, 0.25) is 0 Å². The second-order valence-corrected chi connectivity index (χ2v) is 4.56. The molecule has 84 valence electrons. The number of nitrogens with zero attached hydrogens (tertiary/aromatic N) is 3. The highest BCUT2D eigenvalue weighted by Gasteiger charge is 2.21. The van der Waals surface area contributed by atoms with Crippen LogP contribution in [0.5, 0.6) is 0 Å². The average Bonchev–Trinajstić information content (AvgIpc) is 2.75. The molecule has 1 aliphatic rings. The molecule has 4 heteroatoms. The second-order valence-electron chi connectivity index (χ2n) is 4.56. The smallest absolute Gasteiger partial charge is 0.0951 e. The number of imidazole rings is 1. The van der Waals surface area contributed by atoms with Crippen LogP contribution >= 0.6 is 0 Å². The normalized spacial score (nSPS) is 22.8. The van der Waals surface area contributed by atoms with Crippen molar-refractivity contribution < 1.29 is 5.11 Å². The van der Waals surface area contributed by atoms with Gasteiger partial charge in [0.15, 0.2) is 0 Å². The minimum Gasteiger partial charge on any atom is -0.392 e. The van der Waals surface area contributed by atoms with Crippen LogP contribution in [0.2, 0.25) is 0 Å². The number of aliphatic hydroxyl groups excluding tert-OH is 1. The van der Waals surface area contributed by atoms with Crippen LogP contribution in [0.15, 0.2) is 12.5 Å². The molecule has 0 spiro atoms. The van der Waals surface area contributed by atoms with Crippen LogP contribution in [0.1, 0.15) is 32.0 Å². The molecule has 0 saturated carbocycles. The Morgan fingerprint density at radius 1 is 1.60 bits per heavy atom. The molecule has 0 aromatic carbocycles. The molecule has 0 radical (unpaired) electrons. The highest BCUT2D eigenvalue weighted by molar-refractivity contribution is 5.00. The molecular formula is C11H19N3O. The van der Waals surface area contributed by atoms with Crippen molar-refractivity contribution in [1.82, 2.24) is 14.5 Å². The first-order valence-electron chi connectivity index (χ1n) is 5.58. The number of aromatic nitrogens is 2. The number of β-amino-alcohol motifs (C(OH)–C–C–N with tert-alkyl or cyclic N) is 1. The molecule has 1 saturated heterocycles. The Labute approximate surface area is 90.5 Å². The van der Waals surface area contributed by atoms with Gasteiger partial charge in [0.05, 0.1) is 18.1 Å². The van der Waals surface area contributed by atoms with Crippen molar-refractivity contribution >= 4 is 0 Å². The van der Waals surface area contributed by atoms with E-state index >= 15 is 0 Å². The van der Waals surface area contributed by atoms with Gasteiger partial charge in [0.25, 0.3) is 0 Å². The van der Waals surface area contributed by atoms with E-state index in [9.17, 15) is 5.11 Å². The van der Waals surface area contributed by atoms with Crippen LogP contribution in [0, 0.1) is 0 Å². The molecule has 1 atom stereocenters. The Morgan fingerprint density at radius 3 is 3.00 bits per heavy atom. The van der Waals surface area contributed by atoms with E-state index < -0.39 is 0 Å². The highest BCUT2D eigenvalue weighted by Crippen LogP contribution is 2.15. The zero-order chi connectivity index (χ0) is 10.8. The maximum absolute atomic E-state index is 9.44. The Balaban J connectivity index is 2.01. The monoisotopic (exact) mass is 209 g/mol. The summed E-state index contributed by atoms with van der Waals surface area (Å²) in [6, 6.07) is 0.454. The van der Waals surface area contributed by atoms with Gasteiger partial charge in [-0.25, -0.2) is 4.98 Å². The van der Waals surface area contributed by atoms with E-state index in [1.165, 1.54) is 5.69 Å². The summed E-state index contributed by atoms with van der Waals surface area (Å²) in [5.41, 5.74) is 1.24.